The fourth-order valence-electron chi connectivity index (χ4n) is 3.12. The quantitative estimate of drug-likeness (QED) is 0.693. The molecule has 6 nitrogen and oxygen atoms in total. The highest BCUT2D eigenvalue weighted by molar-refractivity contribution is 6.32. The highest BCUT2D eigenvalue weighted by Gasteiger charge is 2.27. The monoisotopic (exact) mass is 382 g/mol. The van der Waals surface area contributed by atoms with Crippen LogP contribution in [-0.2, 0) is 4.79 Å². The number of fused-ring (bicyclic) bond motifs is 2. The molecule has 1 aliphatic heterocycles. The SMILES string of the molecule is CN1CCCN(C(=O)COc2ccccc2Cl)c2nc3ccccc3nc21. The molecule has 4 rings (SSSR count). The number of rotatable bonds is 3. The van der Waals surface area contributed by atoms with E-state index in [4.69, 9.17) is 26.3 Å². The smallest absolute Gasteiger partial charge is 0.266 e. The van der Waals surface area contributed by atoms with Gasteiger partial charge in [-0.3, -0.25) is 9.69 Å². The van der Waals surface area contributed by atoms with Crippen LogP contribution in [-0.4, -0.2) is 42.6 Å². The molecule has 1 amide bonds. The van der Waals surface area contributed by atoms with E-state index < -0.39 is 0 Å². The van der Waals surface area contributed by atoms with Crippen molar-refractivity contribution in [2.24, 2.45) is 0 Å². The molecule has 7 heteroatoms. The van der Waals surface area contributed by atoms with E-state index in [2.05, 4.69) is 0 Å². The summed E-state index contributed by atoms with van der Waals surface area (Å²) in [7, 11) is 1.97. The summed E-state index contributed by atoms with van der Waals surface area (Å²) in [4.78, 5) is 26.1. The third-order valence-electron chi connectivity index (χ3n) is 4.52. The zero-order chi connectivity index (χ0) is 18.8. The summed E-state index contributed by atoms with van der Waals surface area (Å²) in [6.07, 6.45) is 0.822. The summed E-state index contributed by atoms with van der Waals surface area (Å²) in [6, 6.07) is 14.8. The van der Waals surface area contributed by atoms with Gasteiger partial charge in [-0.25, -0.2) is 9.97 Å². The fraction of sp³-hybridized carbons (Fsp3) is 0.250. The molecule has 0 radical (unpaired) electrons. The molecule has 0 bridgehead atoms. The molecule has 1 aliphatic rings. The molecule has 27 heavy (non-hydrogen) atoms. The molecule has 0 unspecified atom stereocenters. The normalized spacial score (nSPS) is 14.0. The predicted molar refractivity (Wildman–Crippen MR) is 107 cm³/mol. The van der Waals surface area contributed by atoms with Gasteiger partial charge >= 0.3 is 0 Å². The van der Waals surface area contributed by atoms with E-state index in [1.807, 2.05) is 48.3 Å². The molecule has 3 aromatic rings. The van der Waals surface area contributed by atoms with Crippen LogP contribution in [0.25, 0.3) is 11.0 Å². The molecule has 2 heterocycles. The highest BCUT2D eigenvalue weighted by atomic mass is 35.5. The van der Waals surface area contributed by atoms with Gasteiger partial charge in [0.25, 0.3) is 5.91 Å². The van der Waals surface area contributed by atoms with E-state index >= 15 is 0 Å². The lowest BCUT2D eigenvalue weighted by Crippen LogP contribution is -2.36. The second-order valence-electron chi connectivity index (χ2n) is 6.40. The van der Waals surface area contributed by atoms with Gasteiger partial charge in [-0.15, -0.1) is 0 Å². The van der Waals surface area contributed by atoms with E-state index in [-0.39, 0.29) is 12.5 Å². The molecular formula is C20H19ClN4O2. The molecular weight excluding hydrogens is 364 g/mol. The van der Waals surface area contributed by atoms with Gasteiger partial charge < -0.3 is 9.64 Å². The lowest BCUT2D eigenvalue weighted by Gasteiger charge is -2.23. The first-order chi connectivity index (χ1) is 13.1. The highest BCUT2D eigenvalue weighted by Crippen LogP contribution is 2.30. The van der Waals surface area contributed by atoms with Gasteiger partial charge in [-0.1, -0.05) is 35.9 Å². The average molecular weight is 383 g/mol. The van der Waals surface area contributed by atoms with Crippen LogP contribution in [0.5, 0.6) is 5.75 Å². The van der Waals surface area contributed by atoms with Gasteiger partial charge in [0.1, 0.15) is 5.75 Å². The van der Waals surface area contributed by atoms with E-state index in [9.17, 15) is 4.79 Å². The number of nitrogens with zero attached hydrogens (tertiary/aromatic N) is 4. The second kappa shape index (κ2) is 7.40. The summed E-state index contributed by atoms with van der Waals surface area (Å²) in [5, 5.41) is 0.479. The summed E-state index contributed by atoms with van der Waals surface area (Å²) < 4.78 is 5.64. The van der Waals surface area contributed by atoms with Gasteiger partial charge in [-0.05, 0) is 30.7 Å². The maximum Gasteiger partial charge on any atom is 0.266 e. The van der Waals surface area contributed by atoms with Crippen molar-refractivity contribution in [3.63, 3.8) is 0 Å². The second-order valence-corrected chi connectivity index (χ2v) is 6.81. The Labute approximate surface area is 162 Å². The number of carbonyl (C=O) groups is 1. The summed E-state index contributed by atoms with van der Waals surface area (Å²) in [6.45, 7) is 1.26. The number of ether oxygens (including phenoxy) is 1. The first-order valence-electron chi connectivity index (χ1n) is 8.79. The minimum absolute atomic E-state index is 0.110. The van der Waals surface area contributed by atoms with Crippen molar-refractivity contribution < 1.29 is 9.53 Å². The Morgan fingerprint density at radius 3 is 2.44 bits per heavy atom. The Morgan fingerprint density at radius 1 is 1.04 bits per heavy atom. The lowest BCUT2D eigenvalue weighted by atomic mass is 10.3. The number of hydrogen-bond donors (Lipinski definition) is 0. The van der Waals surface area contributed by atoms with Crippen LogP contribution >= 0.6 is 11.6 Å². The van der Waals surface area contributed by atoms with Crippen molar-refractivity contribution in [1.82, 2.24) is 9.97 Å². The van der Waals surface area contributed by atoms with Crippen molar-refractivity contribution in [2.45, 2.75) is 6.42 Å². The summed E-state index contributed by atoms with van der Waals surface area (Å²) in [5.74, 6) is 1.60. The molecule has 1 aromatic heterocycles. The number of amides is 1. The largest absolute Gasteiger partial charge is 0.482 e. The molecule has 2 aromatic carbocycles. The Hall–Kier alpha value is -2.86. The zero-order valence-corrected chi connectivity index (χ0v) is 15.7. The molecule has 0 aliphatic carbocycles. The van der Waals surface area contributed by atoms with Crippen molar-refractivity contribution >= 4 is 40.2 Å². The molecule has 138 valence electrons. The molecule has 0 saturated carbocycles. The molecule has 0 atom stereocenters. The predicted octanol–water partition coefficient (Wildman–Crippen LogP) is 3.54. The molecule has 0 fully saturated rings. The first-order valence-corrected chi connectivity index (χ1v) is 9.17. The number of halogens is 1. The lowest BCUT2D eigenvalue weighted by molar-refractivity contribution is -0.120. The van der Waals surface area contributed by atoms with Gasteiger partial charge in [-0.2, -0.15) is 0 Å². The van der Waals surface area contributed by atoms with Gasteiger partial charge in [0.05, 0.1) is 16.1 Å². The minimum atomic E-state index is -0.170. The van der Waals surface area contributed by atoms with Gasteiger partial charge in [0.15, 0.2) is 18.2 Å². The topological polar surface area (TPSA) is 58.6 Å². The number of carbonyl (C=O) groups excluding carboxylic acids is 1. The zero-order valence-electron chi connectivity index (χ0n) is 14.9. The van der Waals surface area contributed by atoms with Crippen LogP contribution in [0, 0.1) is 0 Å². The Bertz CT molecular complexity index is 995. The Morgan fingerprint density at radius 2 is 1.70 bits per heavy atom. The van der Waals surface area contributed by atoms with Crippen LogP contribution in [0.3, 0.4) is 0 Å². The van der Waals surface area contributed by atoms with Crippen molar-refractivity contribution in [3.05, 3.63) is 53.6 Å². The summed E-state index contributed by atoms with van der Waals surface area (Å²) >= 11 is 6.11. The summed E-state index contributed by atoms with van der Waals surface area (Å²) in [5.41, 5.74) is 1.57. The molecule has 0 saturated heterocycles. The third-order valence-corrected chi connectivity index (χ3v) is 4.83. The van der Waals surface area contributed by atoms with Crippen molar-refractivity contribution in [1.29, 1.82) is 0 Å². The van der Waals surface area contributed by atoms with Crippen molar-refractivity contribution in [3.8, 4) is 5.75 Å². The third kappa shape index (κ3) is 3.53. The van der Waals surface area contributed by atoms with E-state index in [1.54, 1.807) is 17.0 Å². The number of hydrogen-bond acceptors (Lipinski definition) is 5. The Balaban J connectivity index is 1.64. The number of para-hydroxylation sites is 3. The maximum atomic E-state index is 12.9. The van der Waals surface area contributed by atoms with Crippen molar-refractivity contribution in [2.75, 3.05) is 36.5 Å². The maximum absolute atomic E-state index is 12.9. The first kappa shape index (κ1) is 17.5. The van der Waals surface area contributed by atoms with Crippen LogP contribution in [0.1, 0.15) is 6.42 Å². The van der Waals surface area contributed by atoms with E-state index in [1.165, 1.54) is 0 Å². The number of anilines is 2. The molecule has 0 spiro atoms. The van der Waals surface area contributed by atoms with Gasteiger partial charge in [0.2, 0.25) is 0 Å². The number of benzene rings is 2. The van der Waals surface area contributed by atoms with Gasteiger partial charge in [0, 0.05) is 20.1 Å². The molecule has 0 N–H and O–H groups in total. The average Bonchev–Trinajstić information content (AvgIpc) is 2.84. The van der Waals surface area contributed by atoms with Crippen LogP contribution in [0.2, 0.25) is 5.02 Å². The Kier molecular flexibility index (Phi) is 4.81. The minimum Gasteiger partial charge on any atom is -0.482 e. The van der Waals surface area contributed by atoms with Crippen LogP contribution in [0.4, 0.5) is 11.6 Å². The van der Waals surface area contributed by atoms with Crippen LogP contribution in [0.15, 0.2) is 48.5 Å². The number of aromatic nitrogens is 2. The van der Waals surface area contributed by atoms with E-state index in [0.717, 1.165) is 24.0 Å². The van der Waals surface area contributed by atoms with Crippen LogP contribution < -0.4 is 14.5 Å². The van der Waals surface area contributed by atoms with E-state index in [0.29, 0.717) is 29.0 Å². The standard InChI is InChI=1S/C20H19ClN4O2/c1-24-11-6-12-25(18(26)13-27-17-10-5-2-7-14(17)21)20-19(24)22-15-8-3-4-9-16(15)23-20/h2-5,7-10H,6,11-13H2,1H3. The fourth-order valence-corrected chi connectivity index (χ4v) is 3.31.